The molecule has 0 saturated carbocycles. The third kappa shape index (κ3) is 5.24. The number of piperidine rings is 1. The highest BCUT2D eigenvalue weighted by molar-refractivity contribution is 7.88. The van der Waals surface area contributed by atoms with E-state index in [4.69, 9.17) is 16.1 Å². The van der Waals surface area contributed by atoms with Gasteiger partial charge in [-0.25, -0.2) is 13.1 Å². The van der Waals surface area contributed by atoms with Gasteiger partial charge in [0.15, 0.2) is 0 Å². The third-order valence-corrected chi connectivity index (χ3v) is 5.15. The highest BCUT2D eigenvalue weighted by Crippen LogP contribution is 2.22. The number of nitrogens with one attached hydrogen (secondary N) is 1. The van der Waals surface area contributed by atoms with E-state index in [2.05, 4.69) is 19.8 Å². The highest BCUT2D eigenvalue weighted by atomic mass is 35.5. The molecule has 1 N–H and O–H groups in total. The van der Waals surface area contributed by atoms with Crippen LogP contribution in [0.25, 0.3) is 11.4 Å². The molecule has 0 amide bonds. The molecule has 3 rings (SSSR count). The van der Waals surface area contributed by atoms with E-state index in [9.17, 15) is 8.42 Å². The van der Waals surface area contributed by atoms with Gasteiger partial charge < -0.3 is 4.52 Å². The fraction of sp³-hybridized carbons (Fsp3) is 0.500. The van der Waals surface area contributed by atoms with Gasteiger partial charge in [-0.2, -0.15) is 4.98 Å². The largest absolute Gasteiger partial charge is 0.338 e. The van der Waals surface area contributed by atoms with Crippen LogP contribution in [0.5, 0.6) is 0 Å². The normalized spacial score (nSPS) is 19.2. The molecule has 0 bridgehead atoms. The summed E-state index contributed by atoms with van der Waals surface area (Å²) in [6.07, 6.45) is 4.28. The van der Waals surface area contributed by atoms with Crippen LogP contribution >= 0.6 is 11.6 Å². The Kier molecular flexibility index (Phi) is 5.73. The van der Waals surface area contributed by atoms with E-state index in [1.54, 1.807) is 12.1 Å². The minimum atomic E-state index is -3.20. The van der Waals surface area contributed by atoms with E-state index in [1.165, 1.54) is 6.26 Å². The summed E-state index contributed by atoms with van der Waals surface area (Å²) in [4.78, 5) is 6.63. The fourth-order valence-corrected chi connectivity index (χ4v) is 3.67. The van der Waals surface area contributed by atoms with Gasteiger partial charge in [0.05, 0.1) is 12.8 Å². The van der Waals surface area contributed by atoms with Crippen molar-refractivity contribution in [1.82, 2.24) is 19.8 Å². The third-order valence-electron chi connectivity index (χ3n) is 4.22. The van der Waals surface area contributed by atoms with Gasteiger partial charge in [0.2, 0.25) is 21.7 Å². The summed E-state index contributed by atoms with van der Waals surface area (Å²) in [6.45, 7) is 1.78. The van der Waals surface area contributed by atoms with Crippen molar-refractivity contribution >= 4 is 21.6 Å². The quantitative estimate of drug-likeness (QED) is 0.822. The Bertz CT molecular complexity index is 824. The predicted octanol–water partition coefficient (Wildman–Crippen LogP) is 2.29. The van der Waals surface area contributed by atoms with Crippen LogP contribution < -0.4 is 4.72 Å². The molecule has 2 aromatic rings. The Morgan fingerprint density at radius 1 is 1.40 bits per heavy atom. The number of sulfonamides is 1. The summed E-state index contributed by atoms with van der Waals surface area (Å²) in [6, 6.07) is 7.42. The molecule has 7 nitrogen and oxygen atoms in total. The van der Waals surface area contributed by atoms with Crippen molar-refractivity contribution in [2.45, 2.75) is 31.8 Å². The van der Waals surface area contributed by atoms with Crippen LogP contribution in [0, 0.1) is 0 Å². The van der Waals surface area contributed by atoms with Gasteiger partial charge in [0.1, 0.15) is 0 Å². The molecule has 1 fully saturated rings. The van der Waals surface area contributed by atoms with Crippen LogP contribution in [0.4, 0.5) is 0 Å². The Balaban J connectivity index is 1.68. The molecule has 1 aliphatic rings. The second kappa shape index (κ2) is 7.82. The molecule has 136 valence electrons. The Hall–Kier alpha value is -1.48. The van der Waals surface area contributed by atoms with Gasteiger partial charge in [-0.1, -0.05) is 35.3 Å². The van der Waals surface area contributed by atoms with E-state index < -0.39 is 10.0 Å². The summed E-state index contributed by atoms with van der Waals surface area (Å²) in [5.41, 5.74) is 0.802. The topological polar surface area (TPSA) is 88.3 Å². The van der Waals surface area contributed by atoms with E-state index in [-0.39, 0.29) is 6.04 Å². The van der Waals surface area contributed by atoms with E-state index in [0.29, 0.717) is 29.8 Å². The number of likely N-dealkylation sites (tertiary alicyclic amines) is 1. The number of benzene rings is 1. The minimum absolute atomic E-state index is 0.130. The first-order valence-corrected chi connectivity index (χ1v) is 10.4. The molecular formula is C16H21ClN4O3S. The Labute approximate surface area is 152 Å². The number of rotatable bonds is 6. The second-order valence-corrected chi connectivity index (χ2v) is 8.53. The average Bonchev–Trinajstić information content (AvgIpc) is 3.02. The maximum atomic E-state index is 11.3. The summed E-state index contributed by atoms with van der Waals surface area (Å²) in [7, 11) is -3.20. The Morgan fingerprint density at radius 3 is 3.00 bits per heavy atom. The summed E-state index contributed by atoms with van der Waals surface area (Å²) in [5.74, 6) is 1.02. The molecule has 0 spiro atoms. The van der Waals surface area contributed by atoms with Crippen LogP contribution in [-0.4, -0.2) is 48.8 Å². The molecule has 2 heterocycles. The lowest BCUT2D eigenvalue weighted by molar-refractivity contribution is 0.125. The van der Waals surface area contributed by atoms with Crippen LogP contribution in [0.2, 0.25) is 5.02 Å². The zero-order valence-electron chi connectivity index (χ0n) is 14.0. The summed E-state index contributed by atoms with van der Waals surface area (Å²) < 4.78 is 30.7. The number of hydrogen-bond acceptors (Lipinski definition) is 6. The van der Waals surface area contributed by atoms with Crippen molar-refractivity contribution in [2.24, 2.45) is 0 Å². The first-order valence-electron chi connectivity index (χ1n) is 8.18. The molecule has 0 radical (unpaired) electrons. The minimum Gasteiger partial charge on any atom is -0.338 e. The molecule has 0 aliphatic carbocycles. The number of halogens is 1. The lowest BCUT2D eigenvalue weighted by atomic mass is 10.0. The van der Waals surface area contributed by atoms with Gasteiger partial charge in [-0.3, -0.25) is 4.90 Å². The molecule has 1 aliphatic heterocycles. The van der Waals surface area contributed by atoms with Crippen molar-refractivity contribution in [3.05, 3.63) is 35.2 Å². The first-order chi connectivity index (χ1) is 11.9. The van der Waals surface area contributed by atoms with Gasteiger partial charge in [-0.15, -0.1) is 0 Å². The van der Waals surface area contributed by atoms with Crippen LogP contribution in [0.15, 0.2) is 28.8 Å². The smallest absolute Gasteiger partial charge is 0.241 e. The van der Waals surface area contributed by atoms with Crippen LogP contribution in [0.1, 0.15) is 25.2 Å². The maximum Gasteiger partial charge on any atom is 0.241 e. The van der Waals surface area contributed by atoms with E-state index in [0.717, 1.165) is 31.4 Å². The van der Waals surface area contributed by atoms with Gasteiger partial charge in [0, 0.05) is 23.2 Å². The Morgan fingerprint density at radius 2 is 2.24 bits per heavy atom. The van der Waals surface area contributed by atoms with Crippen molar-refractivity contribution in [3.8, 4) is 11.4 Å². The van der Waals surface area contributed by atoms with Crippen LogP contribution in [-0.2, 0) is 16.6 Å². The zero-order valence-corrected chi connectivity index (χ0v) is 15.6. The van der Waals surface area contributed by atoms with Crippen molar-refractivity contribution < 1.29 is 12.9 Å². The second-order valence-electron chi connectivity index (χ2n) is 6.26. The number of aromatic nitrogens is 2. The molecular weight excluding hydrogens is 364 g/mol. The monoisotopic (exact) mass is 384 g/mol. The van der Waals surface area contributed by atoms with Gasteiger partial charge in [-0.05, 0) is 31.5 Å². The van der Waals surface area contributed by atoms with E-state index in [1.807, 2.05) is 12.1 Å². The molecule has 9 heteroatoms. The maximum absolute atomic E-state index is 11.3. The van der Waals surface area contributed by atoms with Gasteiger partial charge in [0.25, 0.3) is 0 Å². The summed E-state index contributed by atoms with van der Waals surface area (Å²) >= 11 is 6.00. The van der Waals surface area contributed by atoms with E-state index >= 15 is 0 Å². The highest BCUT2D eigenvalue weighted by Gasteiger charge is 2.25. The lowest BCUT2D eigenvalue weighted by Crippen LogP contribution is -2.46. The first kappa shape index (κ1) is 18.3. The van der Waals surface area contributed by atoms with Gasteiger partial charge >= 0.3 is 0 Å². The molecule has 1 atom stereocenters. The lowest BCUT2D eigenvalue weighted by Gasteiger charge is -2.34. The van der Waals surface area contributed by atoms with Crippen molar-refractivity contribution in [1.29, 1.82) is 0 Å². The number of hydrogen-bond donors (Lipinski definition) is 1. The molecule has 1 aromatic carbocycles. The molecule has 25 heavy (non-hydrogen) atoms. The van der Waals surface area contributed by atoms with Crippen molar-refractivity contribution in [3.63, 3.8) is 0 Å². The average molecular weight is 385 g/mol. The number of nitrogens with zero attached hydrogens (tertiary/aromatic N) is 3. The molecule has 1 aromatic heterocycles. The SMILES string of the molecule is CS(=O)(=O)NC[C@@H]1CCCCN1Cc1nc(-c2cccc(Cl)c2)no1. The zero-order chi connectivity index (χ0) is 17.9. The predicted molar refractivity (Wildman–Crippen MR) is 95.6 cm³/mol. The van der Waals surface area contributed by atoms with Crippen LogP contribution in [0.3, 0.4) is 0 Å². The molecule has 0 unspecified atom stereocenters. The summed E-state index contributed by atoms with van der Waals surface area (Å²) in [5, 5.41) is 4.64. The molecule has 1 saturated heterocycles. The van der Waals surface area contributed by atoms with Crippen molar-refractivity contribution in [2.75, 3.05) is 19.3 Å². The standard InChI is InChI=1S/C16H21ClN4O3S/c1-25(22,23)18-10-14-7-2-3-8-21(14)11-15-19-16(20-24-15)12-5-4-6-13(17)9-12/h4-6,9,14,18H,2-3,7-8,10-11H2,1H3/t14-/m0/s1. The fourth-order valence-electron chi connectivity index (χ4n) is 2.98.